The zero-order valence-electron chi connectivity index (χ0n) is 10.9. The molecule has 0 N–H and O–H groups in total. The van der Waals surface area contributed by atoms with E-state index in [1.807, 2.05) is 13.0 Å². The Balaban J connectivity index is 2.20. The number of ketones is 1. The summed E-state index contributed by atoms with van der Waals surface area (Å²) in [6.07, 6.45) is 0.980. The third-order valence-corrected chi connectivity index (χ3v) is 3.11. The molecule has 100 valence electrons. The van der Waals surface area contributed by atoms with Gasteiger partial charge in [0.05, 0.1) is 7.11 Å². The second kappa shape index (κ2) is 5.93. The van der Waals surface area contributed by atoms with Crippen molar-refractivity contribution in [3.8, 4) is 5.75 Å². The molecule has 0 amide bonds. The highest BCUT2D eigenvalue weighted by Crippen LogP contribution is 2.24. The molecule has 2 aromatic rings. The summed E-state index contributed by atoms with van der Waals surface area (Å²) in [7, 11) is 1.57. The first kappa shape index (κ1) is 13.7. The smallest absolute Gasteiger partial charge is 0.202 e. The Kier molecular flexibility index (Phi) is 4.27. The van der Waals surface area contributed by atoms with Crippen LogP contribution in [0.4, 0.5) is 0 Å². The lowest BCUT2D eigenvalue weighted by molar-refractivity contribution is 0.0964. The highest BCUT2D eigenvalue weighted by Gasteiger charge is 2.14. The maximum Gasteiger partial charge on any atom is 0.202 e. The number of furan rings is 1. The Hall–Kier alpha value is -1.74. The van der Waals surface area contributed by atoms with Crippen molar-refractivity contribution < 1.29 is 13.9 Å². The van der Waals surface area contributed by atoms with Gasteiger partial charge in [0.15, 0.2) is 5.76 Å². The van der Waals surface area contributed by atoms with Crippen LogP contribution in [0.1, 0.15) is 28.8 Å². The van der Waals surface area contributed by atoms with Crippen molar-refractivity contribution in [1.82, 2.24) is 0 Å². The summed E-state index contributed by atoms with van der Waals surface area (Å²) in [5, 5.41) is 0.581. The second-order valence-corrected chi connectivity index (χ2v) is 4.61. The van der Waals surface area contributed by atoms with Crippen LogP contribution in [0.15, 0.2) is 34.7 Å². The fourth-order valence-corrected chi connectivity index (χ4v) is 2.06. The Bertz CT molecular complexity index is 587. The normalized spacial score (nSPS) is 10.5. The Morgan fingerprint density at radius 3 is 2.74 bits per heavy atom. The van der Waals surface area contributed by atoms with E-state index in [9.17, 15) is 4.79 Å². The third kappa shape index (κ3) is 3.18. The van der Waals surface area contributed by atoms with Crippen LogP contribution in [0.3, 0.4) is 0 Å². The van der Waals surface area contributed by atoms with Gasteiger partial charge < -0.3 is 9.15 Å². The fourth-order valence-electron chi connectivity index (χ4n) is 1.86. The first-order valence-electron chi connectivity index (χ1n) is 6.08. The van der Waals surface area contributed by atoms with Crippen molar-refractivity contribution in [2.45, 2.75) is 19.8 Å². The molecule has 3 nitrogen and oxygen atoms in total. The first-order chi connectivity index (χ1) is 9.13. The molecular weight excluding hydrogens is 264 g/mol. The van der Waals surface area contributed by atoms with Crippen molar-refractivity contribution in [3.05, 3.63) is 52.4 Å². The Labute approximate surface area is 117 Å². The number of hydrogen-bond acceptors (Lipinski definition) is 3. The van der Waals surface area contributed by atoms with Crippen molar-refractivity contribution in [3.63, 3.8) is 0 Å². The maximum atomic E-state index is 12.1. The van der Waals surface area contributed by atoms with Crippen molar-refractivity contribution >= 4 is 17.4 Å². The van der Waals surface area contributed by atoms with Crippen LogP contribution in [0.25, 0.3) is 0 Å². The third-order valence-electron chi connectivity index (χ3n) is 2.88. The summed E-state index contributed by atoms with van der Waals surface area (Å²) in [5.41, 5.74) is 0.759. The fraction of sp³-hybridized carbons (Fsp3) is 0.267. The van der Waals surface area contributed by atoms with Gasteiger partial charge in [-0.3, -0.25) is 4.79 Å². The van der Waals surface area contributed by atoms with E-state index in [0.29, 0.717) is 16.5 Å². The van der Waals surface area contributed by atoms with E-state index in [0.717, 1.165) is 17.7 Å². The number of carbonyl (C=O) groups is 1. The molecule has 1 aromatic heterocycles. The zero-order valence-corrected chi connectivity index (χ0v) is 11.7. The topological polar surface area (TPSA) is 39.4 Å². The molecule has 19 heavy (non-hydrogen) atoms. The van der Waals surface area contributed by atoms with Crippen LogP contribution in [-0.2, 0) is 12.8 Å². The van der Waals surface area contributed by atoms with E-state index in [-0.39, 0.29) is 12.2 Å². The highest BCUT2D eigenvalue weighted by molar-refractivity contribution is 6.30. The number of benzene rings is 1. The van der Waals surface area contributed by atoms with Gasteiger partial charge in [0, 0.05) is 23.4 Å². The zero-order chi connectivity index (χ0) is 13.8. The Morgan fingerprint density at radius 2 is 2.11 bits per heavy atom. The number of Topliss-reactive ketones (excluding diaryl/α,β-unsaturated/α-hetero) is 1. The van der Waals surface area contributed by atoms with Crippen LogP contribution >= 0.6 is 11.6 Å². The quantitative estimate of drug-likeness (QED) is 0.778. The average Bonchev–Trinajstić information content (AvgIpc) is 2.88. The van der Waals surface area contributed by atoms with E-state index in [1.165, 1.54) is 0 Å². The number of aryl methyl sites for hydroxylation is 1. The predicted octanol–water partition coefficient (Wildman–Crippen LogP) is 3.93. The molecule has 0 unspecified atom stereocenters. The summed E-state index contributed by atoms with van der Waals surface area (Å²) in [6.45, 7) is 1.98. The molecule has 1 heterocycles. The summed E-state index contributed by atoms with van der Waals surface area (Å²) in [6, 6.07) is 8.75. The molecule has 0 spiro atoms. The van der Waals surface area contributed by atoms with E-state index < -0.39 is 0 Å². The summed E-state index contributed by atoms with van der Waals surface area (Å²) in [5.74, 6) is 1.75. The molecule has 0 aliphatic heterocycles. The van der Waals surface area contributed by atoms with Crippen molar-refractivity contribution in [2.75, 3.05) is 7.11 Å². The van der Waals surface area contributed by atoms with E-state index in [4.69, 9.17) is 20.8 Å². The minimum Gasteiger partial charge on any atom is -0.496 e. The number of carbonyl (C=O) groups excluding carboxylic acids is 1. The van der Waals surface area contributed by atoms with Gasteiger partial charge in [0.2, 0.25) is 5.78 Å². The lowest BCUT2D eigenvalue weighted by atomic mass is 10.1. The molecule has 0 bridgehead atoms. The minimum absolute atomic E-state index is 0.0831. The van der Waals surface area contributed by atoms with Crippen LogP contribution in [0, 0.1) is 0 Å². The molecule has 2 rings (SSSR count). The second-order valence-electron chi connectivity index (χ2n) is 4.18. The molecule has 0 atom stereocenters. The summed E-state index contributed by atoms with van der Waals surface area (Å²) < 4.78 is 10.7. The van der Waals surface area contributed by atoms with E-state index in [2.05, 4.69) is 0 Å². The van der Waals surface area contributed by atoms with E-state index >= 15 is 0 Å². The molecule has 0 fully saturated rings. The molecule has 0 saturated carbocycles. The first-order valence-corrected chi connectivity index (χ1v) is 6.46. The van der Waals surface area contributed by atoms with Gasteiger partial charge in [-0.25, -0.2) is 0 Å². The lowest BCUT2D eigenvalue weighted by Crippen LogP contribution is -2.04. The maximum absolute atomic E-state index is 12.1. The van der Waals surface area contributed by atoms with Crippen molar-refractivity contribution in [2.24, 2.45) is 0 Å². The predicted molar refractivity (Wildman–Crippen MR) is 74.1 cm³/mol. The van der Waals surface area contributed by atoms with Crippen LogP contribution in [0.2, 0.25) is 5.02 Å². The van der Waals surface area contributed by atoms with E-state index in [1.54, 1.807) is 31.4 Å². The van der Waals surface area contributed by atoms with Gasteiger partial charge in [-0.2, -0.15) is 0 Å². The highest BCUT2D eigenvalue weighted by atomic mass is 35.5. The number of methoxy groups -OCH3 is 1. The largest absolute Gasteiger partial charge is 0.496 e. The van der Waals surface area contributed by atoms with Gasteiger partial charge in [0.1, 0.15) is 11.5 Å². The number of ether oxygens (including phenoxy) is 1. The SMILES string of the molecule is CCc1ccc(C(=O)Cc2cc(Cl)ccc2OC)o1. The van der Waals surface area contributed by atoms with Gasteiger partial charge in [0.25, 0.3) is 0 Å². The van der Waals surface area contributed by atoms with Crippen LogP contribution in [-0.4, -0.2) is 12.9 Å². The summed E-state index contributed by atoms with van der Waals surface area (Å²) in [4.78, 5) is 12.1. The Morgan fingerprint density at radius 1 is 1.32 bits per heavy atom. The van der Waals surface area contributed by atoms with Crippen LogP contribution in [0.5, 0.6) is 5.75 Å². The lowest BCUT2D eigenvalue weighted by Gasteiger charge is -2.07. The number of hydrogen-bond donors (Lipinski definition) is 0. The molecule has 4 heteroatoms. The number of halogens is 1. The molecule has 0 saturated heterocycles. The minimum atomic E-state index is -0.0831. The standard InChI is InChI=1S/C15H15ClO3/c1-3-12-5-7-15(19-12)13(17)9-10-8-11(16)4-6-14(10)18-2/h4-8H,3,9H2,1-2H3. The molecular formula is C15H15ClO3. The van der Waals surface area contributed by atoms with Gasteiger partial charge in [-0.15, -0.1) is 0 Å². The molecule has 0 aliphatic rings. The van der Waals surface area contributed by atoms with Gasteiger partial charge >= 0.3 is 0 Å². The summed E-state index contributed by atoms with van der Waals surface area (Å²) >= 11 is 5.94. The van der Waals surface area contributed by atoms with Crippen molar-refractivity contribution in [1.29, 1.82) is 0 Å². The molecule has 0 aliphatic carbocycles. The van der Waals surface area contributed by atoms with Gasteiger partial charge in [-0.05, 0) is 30.3 Å². The average molecular weight is 279 g/mol. The van der Waals surface area contributed by atoms with Gasteiger partial charge in [-0.1, -0.05) is 18.5 Å². The van der Waals surface area contributed by atoms with Crippen LogP contribution < -0.4 is 4.74 Å². The molecule has 1 aromatic carbocycles. The monoisotopic (exact) mass is 278 g/mol. The number of rotatable bonds is 5. The molecule has 0 radical (unpaired) electrons.